The van der Waals surface area contributed by atoms with E-state index in [1.54, 1.807) is 24.7 Å². The molecule has 44 heavy (non-hydrogen) atoms. The molecule has 7 rings (SSSR count). The number of anilines is 2. The van der Waals surface area contributed by atoms with Crippen molar-refractivity contribution in [1.29, 1.82) is 0 Å². The molecule has 4 N–H and O–H groups in total. The first-order valence-electron chi connectivity index (χ1n) is 14.8. The van der Waals surface area contributed by atoms with E-state index in [1.165, 1.54) is 6.07 Å². The second kappa shape index (κ2) is 11.5. The fraction of sp³-hybridized carbons (Fsp3) is 0.235. The van der Waals surface area contributed by atoms with Crippen LogP contribution in [-0.2, 0) is 4.79 Å². The second-order valence-electron chi connectivity index (χ2n) is 11.7. The monoisotopic (exact) mass is 588 g/mol. The minimum absolute atomic E-state index is 0.0453. The highest BCUT2D eigenvalue weighted by Gasteiger charge is 2.25. The molecule has 4 heterocycles. The van der Waals surface area contributed by atoms with Crippen LogP contribution in [0.2, 0.25) is 0 Å². The Hall–Kier alpha value is -5.09. The molecule has 1 aliphatic carbocycles. The summed E-state index contributed by atoms with van der Waals surface area (Å²) in [6, 6.07) is 17.0. The van der Waals surface area contributed by atoms with Crippen LogP contribution in [0.5, 0.6) is 0 Å². The van der Waals surface area contributed by atoms with Crippen molar-refractivity contribution in [2.45, 2.75) is 19.3 Å². The molecule has 1 saturated carbocycles. The SMILES string of the molecule is CN(C)CCNc1cc(F)cc(-c2cccc3[nH]c(-c4n[nH]c5cnc(-c6cncc(NC(=O)C7CCC7)c6)cc45)cc23)c1. The van der Waals surface area contributed by atoms with Gasteiger partial charge in [-0.15, -0.1) is 0 Å². The van der Waals surface area contributed by atoms with Gasteiger partial charge >= 0.3 is 0 Å². The lowest BCUT2D eigenvalue weighted by atomic mass is 9.85. The first-order chi connectivity index (χ1) is 21.4. The van der Waals surface area contributed by atoms with E-state index in [-0.39, 0.29) is 17.6 Å². The number of benzene rings is 2. The van der Waals surface area contributed by atoms with Crippen LogP contribution in [-0.4, -0.2) is 63.1 Å². The summed E-state index contributed by atoms with van der Waals surface area (Å²) in [5, 5.41) is 15.9. The highest BCUT2D eigenvalue weighted by atomic mass is 19.1. The summed E-state index contributed by atoms with van der Waals surface area (Å²) in [5.41, 5.74) is 7.94. The Morgan fingerprint density at radius 2 is 1.84 bits per heavy atom. The molecule has 0 saturated heterocycles. The van der Waals surface area contributed by atoms with Crippen LogP contribution in [0.3, 0.4) is 0 Å². The number of aromatic amines is 2. The molecular weight excluding hydrogens is 555 g/mol. The van der Waals surface area contributed by atoms with Crippen LogP contribution in [0.15, 0.2) is 73.2 Å². The van der Waals surface area contributed by atoms with Gasteiger partial charge in [-0.05, 0) is 80.5 Å². The van der Waals surface area contributed by atoms with Crippen molar-refractivity contribution < 1.29 is 9.18 Å². The summed E-state index contributed by atoms with van der Waals surface area (Å²) in [6.45, 7) is 1.56. The van der Waals surface area contributed by atoms with Gasteiger partial charge in [-0.25, -0.2) is 4.39 Å². The number of hydrogen-bond donors (Lipinski definition) is 4. The zero-order valence-electron chi connectivity index (χ0n) is 24.6. The summed E-state index contributed by atoms with van der Waals surface area (Å²) in [6.07, 6.45) is 8.13. The third-order valence-corrected chi connectivity index (χ3v) is 8.24. The number of nitrogens with one attached hydrogen (secondary N) is 4. The maximum atomic E-state index is 14.7. The molecule has 1 amide bonds. The van der Waals surface area contributed by atoms with Crippen molar-refractivity contribution in [3.63, 3.8) is 0 Å². The van der Waals surface area contributed by atoms with Crippen molar-refractivity contribution in [2.24, 2.45) is 5.92 Å². The van der Waals surface area contributed by atoms with E-state index in [0.717, 1.165) is 87.1 Å². The Kier molecular flexibility index (Phi) is 7.27. The van der Waals surface area contributed by atoms with Crippen molar-refractivity contribution in [3.8, 4) is 33.8 Å². The second-order valence-corrected chi connectivity index (χ2v) is 11.7. The number of rotatable bonds is 9. The highest BCUT2D eigenvalue weighted by molar-refractivity contribution is 6.02. The van der Waals surface area contributed by atoms with Crippen LogP contribution in [0.25, 0.3) is 55.6 Å². The lowest BCUT2D eigenvalue weighted by molar-refractivity contribution is -0.122. The smallest absolute Gasteiger partial charge is 0.227 e. The van der Waals surface area contributed by atoms with E-state index in [0.29, 0.717) is 12.2 Å². The number of H-pyrrole nitrogens is 2. The molecule has 0 unspecified atom stereocenters. The minimum Gasteiger partial charge on any atom is -0.384 e. The van der Waals surface area contributed by atoms with E-state index in [2.05, 4.69) is 46.7 Å². The predicted molar refractivity (Wildman–Crippen MR) is 173 cm³/mol. The van der Waals surface area contributed by atoms with Gasteiger partial charge < -0.3 is 20.5 Å². The van der Waals surface area contributed by atoms with Crippen LogP contribution < -0.4 is 10.6 Å². The van der Waals surface area contributed by atoms with Crippen LogP contribution >= 0.6 is 0 Å². The first kappa shape index (κ1) is 27.7. The molecule has 0 atom stereocenters. The lowest BCUT2D eigenvalue weighted by Gasteiger charge is -2.24. The number of hydrogen-bond acceptors (Lipinski definition) is 6. The Morgan fingerprint density at radius 3 is 2.66 bits per heavy atom. The average Bonchev–Trinajstić information content (AvgIpc) is 3.59. The van der Waals surface area contributed by atoms with Crippen molar-refractivity contribution in [3.05, 3.63) is 79.0 Å². The summed E-state index contributed by atoms with van der Waals surface area (Å²) in [5.74, 6) is -0.155. The number of halogens is 1. The Labute approximate surface area is 253 Å². The zero-order chi connectivity index (χ0) is 30.2. The maximum Gasteiger partial charge on any atom is 0.227 e. The number of carbonyl (C=O) groups is 1. The van der Waals surface area contributed by atoms with Gasteiger partial charge in [0.25, 0.3) is 0 Å². The van der Waals surface area contributed by atoms with E-state index in [1.807, 2.05) is 50.5 Å². The number of nitrogens with zero attached hydrogens (tertiary/aromatic N) is 4. The average molecular weight is 589 g/mol. The number of amides is 1. The van der Waals surface area contributed by atoms with Crippen molar-refractivity contribution in [1.82, 2.24) is 30.0 Å². The van der Waals surface area contributed by atoms with Crippen molar-refractivity contribution in [2.75, 3.05) is 37.8 Å². The Bertz CT molecular complexity index is 1990. The molecule has 0 spiro atoms. The normalized spacial score (nSPS) is 13.5. The number of pyridine rings is 2. The summed E-state index contributed by atoms with van der Waals surface area (Å²) in [7, 11) is 4.02. The fourth-order valence-corrected chi connectivity index (χ4v) is 5.65. The molecule has 1 fully saturated rings. The lowest BCUT2D eigenvalue weighted by Crippen LogP contribution is -2.28. The summed E-state index contributed by atoms with van der Waals surface area (Å²) >= 11 is 0. The largest absolute Gasteiger partial charge is 0.384 e. The molecule has 2 aromatic carbocycles. The number of fused-ring (bicyclic) bond motifs is 2. The number of likely N-dealkylation sites (N-methyl/N-ethyl adjacent to an activating group) is 1. The van der Waals surface area contributed by atoms with Crippen LogP contribution in [0.1, 0.15) is 19.3 Å². The molecule has 10 heteroatoms. The van der Waals surface area contributed by atoms with E-state index < -0.39 is 0 Å². The fourth-order valence-electron chi connectivity index (χ4n) is 5.65. The Morgan fingerprint density at radius 1 is 0.977 bits per heavy atom. The maximum absolute atomic E-state index is 14.7. The molecule has 4 aromatic heterocycles. The van der Waals surface area contributed by atoms with Gasteiger partial charge in [-0.3, -0.25) is 19.9 Å². The number of carbonyl (C=O) groups excluding carboxylic acids is 1. The third kappa shape index (κ3) is 5.51. The van der Waals surface area contributed by atoms with Gasteiger partial charge in [0.15, 0.2) is 0 Å². The molecule has 1 aliphatic rings. The summed E-state index contributed by atoms with van der Waals surface area (Å²) in [4.78, 5) is 27.1. The van der Waals surface area contributed by atoms with Gasteiger partial charge in [-0.1, -0.05) is 18.6 Å². The molecule has 0 bridgehead atoms. The van der Waals surface area contributed by atoms with Gasteiger partial charge in [0.05, 0.1) is 35.0 Å². The predicted octanol–water partition coefficient (Wildman–Crippen LogP) is 6.69. The van der Waals surface area contributed by atoms with Gasteiger partial charge in [0.2, 0.25) is 5.91 Å². The molecular formula is C34H33FN8O. The standard InChI is InChI=1S/C34H33FN8O/c1-43(2)10-9-37-24-12-21(11-23(35)14-24)26-7-4-8-29-27(26)15-31(40-29)33-28-16-30(38-19-32(28)41-42-33)22-13-25(18-36-17-22)39-34(44)20-5-3-6-20/h4,7-8,11-20,37,40H,3,5-6,9-10H2,1-2H3,(H,39,44)(H,41,42). The summed E-state index contributed by atoms with van der Waals surface area (Å²) < 4.78 is 14.7. The van der Waals surface area contributed by atoms with Crippen molar-refractivity contribution >= 4 is 39.1 Å². The van der Waals surface area contributed by atoms with E-state index in [9.17, 15) is 9.18 Å². The van der Waals surface area contributed by atoms with Crippen LogP contribution in [0.4, 0.5) is 15.8 Å². The molecule has 0 aliphatic heterocycles. The quantitative estimate of drug-likeness (QED) is 0.150. The third-order valence-electron chi connectivity index (χ3n) is 8.24. The van der Waals surface area contributed by atoms with E-state index >= 15 is 0 Å². The zero-order valence-corrected chi connectivity index (χ0v) is 24.6. The topological polar surface area (TPSA) is 115 Å². The van der Waals surface area contributed by atoms with Gasteiger partial charge in [0, 0.05) is 52.7 Å². The van der Waals surface area contributed by atoms with E-state index in [4.69, 9.17) is 0 Å². The Balaban J connectivity index is 1.21. The minimum atomic E-state index is -0.290. The van der Waals surface area contributed by atoms with Gasteiger partial charge in [-0.2, -0.15) is 5.10 Å². The molecule has 0 radical (unpaired) electrons. The van der Waals surface area contributed by atoms with Gasteiger partial charge in [0.1, 0.15) is 11.5 Å². The molecule has 222 valence electrons. The highest BCUT2D eigenvalue weighted by Crippen LogP contribution is 2.36. The number of aromatic nitrogens is 5. The first-order valence-corrected chi connectivity index (χ1v) is 14.8. The molecule has 6 aromatic rings. The molecule has 9 nitrogen and oxygen atoms in total. The van der Waals surface area contributed by atoms with Crippen LogP contribution in [0, 0.1) is 11.7 Å².